The molecule has 2 heterocycles. The van der Waals surface area contributed by atoms with E-state index in [1.54, 1.807) is 12.1 Å². The van der Waals surface area contributed by atoms with Gasteiger partial charge in [-0.1, -0.05) is 27.5 Å². The number of sulfonamides is 1. The van der Waals surface area contributed by atoms with E-state index >= 15 is 0 Å². The van der Waals surface area contributed by atoms with Crippen LogP contribution in [0.1, 0.15) is 25.3 Å². The summed E-state index contributed by atoms with van der Waals surface area (Å²) in [4.78, 5) is 15.4. The van der Waals surface area contributed by atoms with Crippen molar-refractivity contribution in [3.63, 3.8) is 0 Å². The van der Waals surface area contributed by atoms with Gasteiger partial charge in [0.2, 0.25) is 15.9 Å². The van der Waals surface area contributed by atoms with E-state index in [1.807, 2.05) is 30.0 Å². The molecule has 0 unspecified atom stereocenters. The Balaban J connectivity index is 1.60. The molecule has 6 nitrogen and oxygen atoms in total. The second-order valence-electron chi connectivity index (χ2n) is 8.03. The van der Waals surface area contributed by atoms with Crippen LogP contribution in [-0.2, 0) is 21.2 Å². The summed E-state index contributed by atoms with van der Waals surface area (Å²) in [5.41, 5.74) is 2.04. The fourth-order valence-corrected chi connectivity index (χ4v) is 6.84. The Kier molecular flexibility index (Phi) is 6.36. The first kappa shape index (κ1) is 22.6. The van der Waals surface area contributed by atoms with Gasteiger partial charge in [0, 0.05) is 34.3 Å². The van der Waals surface area contributed by atoms with Crippen molar-refractivity contribution in [2.24, 2.45) is 5.92 Å². The topological polar surface area (TPSA) is 66.9 Å². The first-order chi connectivity index (χ1) is 14.7. The van der Waals surface area contributed by atoms with Crippen molar-refractivity contribution in [2.45, 2.75) is 37.1 Å². The standard InChI is InChI=1S/C22H24BrClN2O4S/c1-14-10-16-11-17(23)5-7-19(16)26(14)22(27)15-4-3-9-25(13-15)31(28,29)21-12-18(24)6-8-20(21)30-2/h5-8,11-12,14-15H,3-4,9-10,13H2,1-2H3/t14-,15-/m0/s1. The van der Waals surface area contributed by atoms with E-state index in [1.165, 1.54) is 17.5 Å². The molecule has 2 aromatic rings. The van der Waals surface area contributed by atoms with Gasteiger partial charge in [-0.3, -0.25) is 4.79 Å². The van der Waals surface area contributed by atoms with Gasteiger partial charge >= 0.3 is 0 Å². The quantitative estimate of drug-likeness (QED) is 0.588. The van der Waals surface area contributed by atoms with E-state index in [0.29, 0.717) is 24.4 Å². The minimum atomic E-state index is -3.85. The monoisotopic (exact) mass is 526 g/mol. The molecule has 1 saturated heterocycles. The third kappa shape index (κ3) is 4.23. The number of halogens is 2. The second kappa shape index (κ2) is 8.73. The highest BCUT2D eigenvalue weighted by atomic mass is 79.9. The largest absolute Gasteiger partial charge is 0.495 e. The molecular formula is C22H24BrClN2O4S. The van der Waals surface area contributed by atoms with Crippen molar-refractivity contribution >= 4 is 49.1 Å². The summed E-state index contributed by atoms with van der Waals surface area (Å²) in [5, 5.41) is 0.317. The average Bonchev–Trinajstić information content (AvgIpc) is 3.07. The molecule has 1 fully saturated rings. The summed E-state index contributed by atoms with van der Waals surface area (Å²) in [7, 11) is -2.42. The number of piperidine rings is 1. The van der Waals surface area contributed by atoms with Crippen LogP contribution >= 0.6 is 27.5 Å². The number of hydrogen-bond donors (Lipinski definition) is 0. The number of hydrogen-bond acceptors (Lipinski definition) is 4. The predicted octanol–water partition coefficient (Wildman–Crippen LogP) is 4.49. The van der Waals surface area contributed by atoms with Gasteiger partial charge in [0.05, 0.1) is 13.0 Å². The van der Waals surface area contributed by atoms with Crippen molar-refractivity contribution in [2.75, 3.05) is 25.1 Å². The molecule has 0 bridgehead atoms. The summed E-state index contributed by atoms with van der Waals surface area (Å²) in [5.74, 6) is -0.178. The Morgan fingerprint density at radius 1 is 1.23 bits per heavy atom. The molecule has 0 saturated carbocycles. The van der Waals surface area contributed by atoms with E-state index in [2.05, 4.69) is 15.9 Å². The highest BCUT2D eigenvalue weighted by molar-refractivity contribution is 9.10. The molecule has 4 rings (SSSR count). The van der Waals surface area contributed by atoms with E-state index in [9.17, 15) is 13.2 Å². The minimum absolute atomic E-state index is 0.0217. The summed E-state index contributed by atoms with van der Waals surface area (Å²) in [6, 6.07) is 10.5. The van der Waals surface area contributed by atoms with Gasteiger partial charge in [-0.2, -0.15) is 4.31 Å². The summed E-state index contributed by atoms with van der Waals surface area (Å²) in [6.07, 6.45) is 2.06. The Labute approximate surface area is 196 Å². The normalized spacial score (nSPS) is 21.7. The second-order valence-corrected chi connectivity index (χ2v) is 11.3. The number of nitrogens with zero attached hydrogens (tertiary/aromatic N) is 2. The van der Waals surface area contributed by atoms with E-state index in [-0.39, 0.29) is 29.1 Å². The maximum atomic E-state index is 13.5. The lowest BCUT2D eigenvalue weighted by atomic mass is 9.97. The predicted molar refractivity (Wildman–Crippen MR) is 124 cm³/mol. The zero-order valence-corrected chi connectivity index (χ0v) is 20.5. The molecule has 2 atom stereocenters. The van der Waals surface area contributed by atoms with E-state index < -0.39 is 15.9 Å². The van der Waals surface area contributed by atoms with Crippen LogP contribution in [-0.4, -0.2) is 44.9 Å². The number of rotatable bonds is 4. The van der Waals surface area contributed by atoms with Crippen LogP contribution in [0, 0.1) is 5.92 Å². The number of ether oxygens (including phenoxy) is 1. The van der Waals surface area contributed by atoms with Crippen molar-refractivity contribution in [1.29, 1.82) is 0 Å². The molecule has 0 radical (unpaired) electrons. The number of carbonyl (C=O) groups excluding carboxylic acids is 1. The first-order valence-corrected chi connectivity index (χ1v) is 12.8. The van der Waals surface area contributed by atoms with Gasteiger partial charge in [0.25, 0.3) is 0 Å². The molecule has 9 heteroatoms. The molecule has 1 amide bonds. The lowest BCUT2D eigenvalue weighted by molar-refractivity contribution is -0.123. The first-order valence-electron chi connectivity index (χ1n) is 10.2. The summed E-state index contributed by atoms with van der Waals surface area (Å²) >= 11 is 9.55. The third-order valence-electron chi connectivity index (χ3n) is 5.97. The van der Waals surface area contributed by atoms with Crippen LogP contribution in [0.5, 0.6) is 5.75 Å². The molecule has 31 heavy (non-hydrogen) atoms. The zero-order valence-electron chi connectivity index (χ0n) is 17.3. The highest BCUT2D eigenvalue weighted by Crippen LogP contribution is 2.37. The number of carbonyl (C=O) groups is 1. The molecule has 0 spiro atoms. The van der Waals surface area contributed by atoms with Crippen LogP contribution < -0.4 is 9.64 Å². The molecule has 0 aromatic heterocycles. The minimum Gasteiger partial charge on any atom is -0.495 e. The van der Waals surface area contributed by atoms with Gasteiger partial charge in [-0.25, -0.2) is 8.42 Å². The van der Waals surface area contributed by atoms with Gasteiger partial charge in [-0.15, -0.1) is 0 Å². The summed E-state index contributed by atoms with van der Waals surface area (Å²) in [6.45, 7) is 2.53. The van der Waals surface area contributed by atoms with Gasteiger partial charge in [0.1, 0.15) is 10.6 Å². The molecule has 2 aromatic carbocycles. The number of benzene rings is 2. The van der Waals surface area contributed by atoms with Gasteiger partial charge in [0.15, 0.2) is 0 Å². The molecule has 0 aliphatic carbocycles. The van der Waals surface area contributed by atoms with E-state index in [4.69, 9.17) is 16.3 Å². The Hall–Kier alpha value is -1.61. The lowest BCUT2D eigenvalue weighted by Gasteiger charge is -2.34. The number of methoxy groups -OCH3 is 1. The fraction of sp³-hybridized carbons (Fsp3) is 0.409. The van der Waals surface area contributed by atoms with Crippen molar-refractivity contribution in [1.82, 2.24) is 4.31 Å². The molecule has 2 aliphatic heterocycles. The van der Waals surface area contributed by atoms with Gasteiger partial charge in [-0.05, 0) is 68.1 Å². The van der Waals surface area contributed by atoms with Crippen LogP contribution in [0.25, 0.3) is 0 Å². The number of anilines is 1. The van der Waals surface area contributed by atoms with Crippen molar-refractivity contribution in [3.8, 4) is 5.75 Å². The Morgan fingerprint density at radius 2 is 2.00 bits per heavy atom. The maximum Gasteiger partial charge on any atom is 0.246 e. The van der Waals surface area contributed by atoms with Crippen LogP contribution in [0.3, 0.4) is 0 Å². The van der Waals surface area contributed by atoms with Gasteiger partial charge < -0.3 is 9.64 Å². The summed E-state index contributed by atoms with van der Waals surface area (Å²) < 4.78 is 34.4. The lowest BCUT2D eigenvalue weighted by Crippen LogP contribution is -2.48. The number of amides is 1. The molecule has 166 valence electrons. The SMILES string of the molecule is COc1ccc(Cl)cc1S(=O)(=O)N1CCC[C@H](C(=O)N2c3ccc(Br)cc3C[C@@H]2C)C1. The highest BCUT2D eigenvalue weighted by Gasteiger charge is 2.39. The molecule has 2 aliphatic rings. The molecule has 0 N–H and O–H groups in total. The average molecular weight is 528 g/mol. The van der Waals surface area contributed by atoms with Crippen LogP contribution in [0.15, 0.2) is 45.8 Å². The molecular weight excluding hydrogens is 504 g/mol. The fourth-order valence-electron chi connectivity index (χ4n) is 4.49. The van der Waals surface area contributed by atoms with E-state index in [0.717, 1.165) is 22.1 Å². The smallest absolute Gasteiger partial charge is 0.246 e. The Bertz CT molecular complexity index is 1120. The third-order valence-corrected chi connectivity index (χ3v) is 8.59. The zero-order chi connectivity index (χ0) is 22.3. The Morgan fingerprint density at radius 3 is 2.74 bits per heavy atom. The van der Waals surface area contributed by atoms with Crippen LogP contribution in [0.2, 0.25) is 5.02 Å². The maximum absolute atomic E-state index is 13.5. The number of fused-ring (bicyclic) bond motifs is 1. The van der Waals surface area contributed by atoms with Crippen molar-refractivity contribution < 1.29 is 17.9 Å². The van der Waals surface area contributed by atoms with Crippen LogP contribution in [0.4, 0.5) is 5.69 Å². The van der Waals surface area contributed by atoms with Crippen molar-refractivity contribution in [3.05, 3.63) is 51.5 Å².